The summed E-state index contributed by atoms with van der Waals surface area (Å²) in [7, 11) is 0. The molecule has 0 amide bonds. The number of anilines is 1. The molecule has 3 nitrogen and oxygen atoms in total. The largest absolute Gasteiger partial charge is 0.392 e. The van der Waals surface area contributed by atoms with Crippen molar-refractivity contribution in [3.05, 3.63) is 52.7 Å². The lowest BCUT2D eigenvalue weighted by molar-refractivity contribution is 0.282. The maximum Gasteiger partial charge on any atom is 0.126 e. The third-order valence-corrected chi connectivity index (χ3v) is 4.13. The van der Waals surface area contributed by atoms with E-state index < -0.39 is 0 Å². The van der Waals surface area contributed by atoms with E-state index >= 15 is 0 Å². The molecule has 2 N–H and O–H groups in total. The summed E-state index contributed by atoms with van der Waals surface area (Å²) >= 11 is 7.85. The Balaban J connectivity index is 2.03. The predicted octanol–water partition coefficient (Wildman–Crippen LogP) is 3.95. The Bertz CT molecular complexity index is 560. The monoisotopic (exact) mass is 308 g/mol. The highest BCUT2D eigenvalue weighted by Crippen LogP contribution is 2.26. The fourth-order valence-electron chi connectivity index (χ4n) is 1.71. The Morgan fingerprint density at radius 2 is 1.95 bits per heavy atom. The van der Waals surface area contributed by atoms with Gasteiger partial charge in [0.05, 0.1) is 17.3 Å². The van der Waals surface area contributed by atoms with Crippen LogP contribution in [0.15, 0.2) is 41.3 Å². The van der Waals surface area contributed by atoms with Crippen molar-refractivity contribution >= 4 is 29.2 Å². The fraction of sp³-hybridized carbons (Fsp3) is 0.267. The number of nitrogens with one attached hydrogen (secondary N) is 1. The third-order valence-electron chi connectivity index (χ3n) is 2.76. The van der Waals surface area contributed by atoms with E-state index in [9.17, 15) is 0 Å². The molecule has 0 saturated carbocycles. The van der Waals surface area contributed by atoms with Crippen LogP contribution in [0.1, 0.15) is 18.2 Å². The summed E-state index contributed by atoms with van der Waals surface area (Å²) in [6, 6.07) is 11.6. The first-order valence-corrected chi connectivity index (χ1v) is 7.81. The zero-order valence-corrected chi connectivity index (χ0v) is 12.8. The highest BCUT2D eigenvalue weighted by Gasteiger charge is 2.05. The second-order valence-electron chi connectivity index (χ2n) is 4.25. The van der Waals surface area contributed by atoms with Crippen molar-refractivity contribution in [1.82, 2.24) is 4.98 Å². The van der Waals surface area contributed by atoms with Crippen LogP contribution in [0.4, 0.5) is 5.82 Å². The average Bonchev–Trinajstić information content (AvgIpc) is 2.48. The second-order valence-corrected chi connectivity index (χ2v) is 5.70. The van der Waals surface area contributed by atoms with Gasteiger partial charge in [0.25, 0.3) is 0 Å². The van der Waals surface area contributed by atoms with E-state index in [0.717, 1.165) is 34.3 Å². The molecule has 1 aromatic heterocycles. The van der Waals surface area contributed by atoms with Gasteiger partial charge in [-0.15, -0.1) is 11.8 Å². The molecule has 0 unspecified atom stereocenters. The number of hydrogen-bond acceptors (Lipinski definition) is 4. The van der Waals surface area contributed by atoms with E-state index in [0.29, 0.717) is 5.02 Å². The van der Waals surface area contributed by atoms with Gasteiger partial charge in [-0.2, -0.15) is 0 Å². The summed E-state index contributed by atoms with van der Waals surface area (Å²) in [6.45, 7) is 2.94. The minimum Gasteiger partial charge on any atom is -0.392 e. The molecule has 0 aliphatic carbocycles. The van der Waals surface area contributed by atoms with E-state index in [1.807, 2.05) is 43.3 Å². The first-order chi connectivity index (χ1) is 9.72. The number of benzene rings is 1. The van der Waals surface area contributed by atoms with Gasteiger partial charge in [0.2, 0.25) is 0 Å². The Morgan fingerprint density at radius 1 is 1.20 bits per heavy atom. The second kappa shape index (κ2) is 7.53. The van der Waals surface area contributed by atoms with Gasteiger partial charge >= 0.3 is 0 Å². The number of aromatic nitrogens is 1. The van der Waals surface area contributed by atoms with Crippen LogP contribution in [-0.2, 0) is 12.4 Å². The van der Waals surface area contributed by atoms with Gasteiger partial charge in [-0.1, -0.05) is 23.7 Å². The average molecular weight is 309 g/mol. The Labute approximate surface area is 128 Å². The molecule has 2 aromatic rings. The molecule has 1 heterocycles. The molecule has 0 radical (unpaired) electrons. The highest BCUT2D eigenvalue weighted by molar-refractivity contribution is 7.98. The van der Waals surface area contributed by atoms with Gasteiger partial charge in [-0.05, 0) is 36.8 Å². The first-order valence-electron chi connectivity index (χ1n) is 6.45. The summed E-state index contributed by atoms with van der Waals surface area (Å²) in [4.78, 5) is 5.64. The van der Waals surface area contributed by atoms with Crippen molar-refractivity contribution in [3.8, 4) is 0 Å². The predicted molar refractivity (Wildman–Crippen MR) is 85.3 cm³/mol. The quantitative estimate of drug-likeness (QED) is 0.793. The molecule has 5 heteroatoms. The van der Waals surface area contributed by atoms with Crippen LogP contribution in [0.5, 0.6) is 0 Å². The maximum atomic E-state index is 9.01. The maximum absolute atomic E-state index is 9.01. The summed E-state index contributed by atoms with van der Waals surface area (Å²) in [5.41, 5.74) is 1.79. The zero-order chi connectivity index (χ0) is 14.4. The molecule has 106 valence electrons. The van der Waals surface area contributed by atoms with E-state index in [1.165, 1.54) is 0 Å². The van der Waals surface area contributed by atoms with Crippen molar-refractivity contribution in [1.29, 1.82) is 0 Å². The number of aliphatic hydroxyl groups excluding tert-OH is 1. The minimum atomic E-state index is 0.0725. The molecule has 1 aromatic carbocycles. The first kappa shape index (κ1) is 15.2. The van der Waals surface area contributed by atoms with Crippen LogP contribution >= 0.6 is 23.4 Å². The Kier molecular flexibility index (Phi) is 5.71. The standard InChI is InChI=1S/C15H17ClN2OS/c1-2-17-15-8-7-13(16)14(18-15)10-20-12-5-3-11(9-19)4-6-12/h3-8,19H,2,9-10H2,1H3,(H,17,18). The molecule has 0 fully saturated rings. The Hall–Kier alpha value is -1.23. The lowest BCUT2D eigenvalue weighted by atomic mass is 10.2. The normalized spacial score (nSPS) is 10.6. The van der Waals surface area contributed by atoms with Crippen LogP contribution in [0, 0.1) is 0 Å². The summed E-state index contributed by atoms with van der Waals surface area (Å²) < 4.78 is 0. The molecule has 2 rings (SSSR count). The molecule has 0 atom stereocenters. The molecule has 0 aliphatic heterocycles. The zero-order valence-electron chi connectivity index (χ0n) is 11.3. The van der Waals surface area contributed by atoms with Crippen molar-refractivity contribution in [2.24, 2.45) is 0 Å². The lowest BCUT2D eigenvalue weighted by Crippen LogP contribution is -2.01. The van der Waals surface area contributed by atoms with Crippen LogP contribution in [0.25, 0.3) is 0 Å². The van der Waals surface area contributed by atoms with Gasteiger partial charge < -0.3 is 10.4 Å². The number of aliphatic hydroxyl groups is 1. The van der Waals surface area contributed by atoms with Crippen LogP contribution in [0.2, 0.25) is 5.02 Å². The summed E-state index contributed by atoms with van der Waals surface area (Å²) in [5, 5.41) is 12.9. The Morgan fingerprint density at radius 3 is 2.60 bits per heavy atom. The molecule has 0 aliphatic rings. The molecular formula is C15H17ClN2OS. The van der Waals surface area contributed by atoms with Crippen molar-refractivity contribution in [2.45, 2.75) is 24.2 Å². The summed E-state index contributed by atoms with van der Waals surface area (Å²) in [6.07, 6.45) is 0. The minimum absolute atomic E-state index is 0.0725. The van der Waals surface area contributed by atoms with Crippen molar-refractivity contribution in [2.75, 3.05) is 11.9 Å². The van der Waals surface area contributed by atoms with Gasteiger partial charge in [-0.25, -0.2) is 4.98 Å². The fourth-order valence-corrected chi connectivity index (χ4v) is 2.81. The van der Waals surface area contributed by atoms with Gasteiger partial charge in [0.1, 0.15) is 5.82 Å². The third kappa shape index (κ3) is 4.13. The van der Waals surface area contributed by atoms with Crippen LogP contribution in [-0.4, -0.2) is 16.6 Å². The van der Waals surface area contributed by atoms with Crippen LogP contribution in [0.3, 0.4) is 0 Å². The van der Waals surface area contributed by atoms with Gasteiger partial charge in [-0.3, -0.25) is 0 Å². The molecule has 20 heavy (non-hydrogen) atoms. The highest BCUT2D eigenvalue weighted by atomic mass is 35.5. The molecular weight excluding hydrogens is 292 g/mol. The molecule has 0 saturated heterocycles. The number of thioether (sulfide) groups is 1. The smallest absolute Gasteiger partial charge is 0.126 e. The van der Waals surface area contributed by atoms with Crippen LogP contribution < -0.4 is 5.32 Å². The topological polar surface area (TPSA) is 45.1 Å². The number of nitrogens with zero attached hydrogens (tertiary/aromatic N) is 1. The number of rotatable bonds is 6. The lowest BCUT2D eigenvalue weighted by Gasteiger charge is -2.08. The SMILES string of the molecule is CCNc1ccc(Cl)c(CSc2ccc(CO)cc2)n1. The number of hydrogen-bond donors (Lipinski definition) is 2. The molecule has 0 bridgehead atoms. The van der Waals surface area contributed by atoms with Gasteiger partial charge in [0, 0.05) is 17.2 Å². The molecule has 0 spiro atoms. The van der Waals surface area contributed by atoms with Crippen molar-refractivity contribution in [3.63, 3.8) is 0 Å². The van der Waals surface area contributed by atoms with E-state index in [2.05, 4.69) is 10.3 Å². The summed E-state index contributed by atoms with van der Waals surface area (Å²) in [5.74, 6) is 1.57. The van der Waals surface area contributed by atoms with Crippen molar-refractivity contribution < 1.29 is 5.11 Å². The van der Waals surface area contributed by atoms with Gasteiger partial charge in [0.15, 0.2) is 0 Å². The number of pyridine rings is 1. The van der Waals surface area contributed by atoms with E-state index in [1.54, 1.807) is 11.8 Å². The van der Waals surface area contributed by atoms with E-state index in [-0.39, 0.29) is 6.61 Å². The number of halogens is 1. The van der Waals surface area contributed by atoms with E-state index in [4.69, 9.17) is 16.7 Å².